The lowest BCUT2D eigenvalue weighted by Gasteiger charge is -2.11. The number of rotatable bonds is 6. The minimum atomic E-state index is -3.20. The van der Waals surface area contributed by atoms with Crippen LogP contribution in [-0.4, -0.2) is 33.4 Å². The quantitative estimate of drug-likeness (QED) is 0.629. The molecule has 0 heterocycles. The second-order valence-corrected chi connectivity index (χ2v) is 4.86. The minimum absolute atomic E-state index is 0.536. The highest BCUT2D eigenvalue weighted by Crippen LogP contribution is 1.93. The van der Waals surface area contributed by atoms with Crippen LogP contribution in [0.3, 0.4) is 0 Å². The molecule has 0 bridgehead atoms. The van der Waals surface area contributed by atoms with Gasteiger partial charge in [0.1, 0.15) is 0 Å². The van der Waals surface area contributed by atoms with Gasteiger partial charge in [-0.1, -0.05) is 19.8 Å². The molecule has 0 radical (unpaired) electrons. The van der Waals surface area contributed by atoms with Crippen LogP contribution in [0, 0.1) is 0 Å². The van der Waals surface area contributed by atoms with Crippen molar-refractivity contribution in [2.24, 2.45) is 0 Å². The first-order valence-corrected chi connectivity index (χ1v) is 5.62. The van der Waals surface area contributed by atoms with E-state index in [2.05, 4.69) is 11.6 Å². The average molecular weight is 194 g/mol. The Morgan fingerprint density at radius 3 is 2.25 bits per heavy atom. The molecule has 1 N–H and O–H groups in total. The normalized spacial score (nSPS) is 12.3. The lowest BCUT2D eigenvalue weighted by atomic mass is 10.3. The van der Waals surface area contributed by atoms with Crippen LogP contribution in [0.5, 0.6) is 0 Å². The van der Waals surface area contributed by atoms with Gasteiger partial charge in [0.15, 0.2) is 0 Å². The molecule has 12 heavy (non-hydrogen) atoms. The van der Waals surface area contributed by atoms with E-state index < -0.39 is 10.2 Å². The fourth-order valence-electron chi connectivity index (χ4n) is 0.705. The summed E-state index contributed by atoms with van der Waals surface area (Å²) < 4.78 is 25.9. The molecule has 74 valence electrons. The van der Waals surface area contributed by atoms with E-state index in [1.807, 2.05) is 0 Å². The maximum atomic E-state index is 11.1. The van der Waals surface area contributed by atoms with Gasteiger partial charge >= 0.3 is 0 Å². The molecule has 0 amide bonds. The van der Waals surface area contributed by atoms with Crippen molar-refractivity contribution in [3.63, 3.8) is 0 Å². The van der Waals surface area contributed by atoms with E-state index >= 15 is 0 Å². The van der Waals surface area contributed by atoms with E-state index in [4.69, 9.17) is 0 Å². The standard InChI is InChI=1S/C7H18N2O2S/c1-4-5-6-7-8-12(10,11)9(2)3/h8H,4-7H2,1-3H3. The van der Waals surface area contributed by atoms with E-state index in [1.165, 1.54) is 18.4 Å². The van der Waals surface area contributed by atoms with E-state index in [1.54, 1.807) is 0 Å². The van der Waals surface area contributed by atoms with Crippen LogP contribution in [0.25, 0.3) is 0 Å². The van der Waals surface area contributed by atoms with Gasteiger partial charge in [-0.25, -0.2) is 4.72 Å². The van der Waals surface area contributed by atoms with Crippen LogP contribution < -0.4 is 4.72 Å². The summed E-state index contributed by atoms with van der Waals surface area (Å²) in [6.45, 7) is 2.62. The molecule has 0 saturated heterocycles. The van der Waals surface area contributed by atoms with Crippen molar-refractivity contribution in [1.82, 2.24) is 9.03 Å². The Morgan fingerprint density at radius 2 is 1.83 bits per heavy atom. The number of hydrogen-bond acceptors (Lipinski definition) is 2. The van der Waals surface area contributed by atoms with Gasteiger partial charge in [-0.2, -0.15) is 12.7 Å². The molecule has 4 nitrogen and oxygen atoms in total. The Hall–Kier alpha value is -0.130. The largest absolute Gasteiger partial charge is 0.278 e. The number of nitrogens with zero attached hydrogens (tertiary/aromatic N) is 1. The second-order valence-electron chi connectivity index (χ2n) is 2.89. The van der Waals surface area contributed by atoms with Crippen molar-refractivity contribution in [1.29, 1.82) is 0 Å². The predicted molar refractivity (Wildman–Crippen MR) is 50.1 cm³/mol. The van der Waals surface area contributed by atoms with Crippen molar-refractivity contribution in [3.05, 3.63) is 0 Å². The molecular weight excluding hydrogens is 176 g/mol. The molecule has 0 saturated carbocycles. The van der Waals surface area contributed by atoms with Gasteiger partial charge < -0.3 is 0 Å². The summed E-state index contributed by atoms with van der Waals surface area (Å²) in [7, 11) is -0.163. The second kappa shape index (κ2) is 5.50. The third kappa shape index (κ3) is 4.69. The van der Waals surface area contributed by atoms with E-state index in [9.17, 15) is 8.42 Å². The van der Waals surface area contributed by atoms with E-state index in [0.717, 1.165) is 19.3 Å². The molecule has 0 rings (SSSR count). The maximum absolute atomic E-state index is 11.1. The Bertz CT molecular complexity index is 199. The Morgan fingerprint density at radius 1 is 1.25 bits per heavy atom. The molecule has 5 heteroatoms. The van der Waals surface area contributed by atoms with Gasteiger partial charge in [0.25, 0.3) is 10.2 Å². The van der Waals surface area contributed by atoms with Gasteiger partial charge in [0.2, 0.25) is 0 Å². The molecule has 0 aromatic rings. The zero-order valence-corrected chi connectivity index (χ0v) is 8.82. The molecular formula is C7H18N2O2S. The highest BCUT2D eigenvalue weighted by molar-refractivity contribution is 7.87. The topological polar surface area (TPSA) is 49.4 Å². The summed E-state index contributed by atoms with van der Waals surface area (Å²) in [4.78, 5) is 0. The predicted octanol–water partition coefficient (Wildman–Crippen LogP) is 0.573. The summed E-state index contributed by atoms with van der Waals surface area (Å²) >= 11 is 0. The number of nitrogens with one attached hydrogen (secondary N) is 1. The summed E-state index contributed by atoms with van der Waals surface area (Å²) in [6.07, 6.45) is 3.07. The smallest absolute Gasteiger partial charge is 0.202 e. The maximum Gasteiger partial charge on any atom is 0.278 e. The lowest BCUT2D eigenvalue weighted by Crippen LogP contribution is -2.36. The van der Waals surface area contributed by atoms with Crippen LogP contribution in [0.15, 0.2) is 0 Å². The van der Waals surface area contributed by atoms with Crippen LogP contribution in [0.2, 0.25) is 0 Å². The summed E-state index contributed by atoms with van der Waals surface area (Å²) in [5.41, 5.74) is 0. The molecule has 0 atom stereocenters. The SMILES string of the molecule is CCCCCNS(=O)(=O)N(C)C. The van der Waals surface area contributed by atoms with Crippen LogP contribution >= 0.6 is 0 Å². The summed E-state index contributed by atoms with van der Waals surface area (Å²) in [6, 6.07) is 0. The van der Waals surface area contributed by atoms with Gasteiger partial charge in [0, 0.05) is 20.6 Å². The zero-order chi connectivity index (χ0) is 9.61. The van der Waals surface area contributed by atoms with Crippen molar-refractivity contribution in [2.75, 3.05) is 20.6 Å². The van der Waals surface area contributed by atoms with Gasteiger partial charge in [0.05, 0.1) is 0 Å². The van der Waals surface area contributed by atoms with Crippen molar-refractivity contribution in [2.45, 2.75) is 26.2 Å². The van der Waals surface area contributed by atoms with Gasteiger partial charge in [-0.05, 0) is 6.42 Å². The van der Waals surface area contributed by atoms with Crippen LogP contribution in [-0.2, 0) is 10.2 Å². The third-order valence-electron chi connectivity index (χ3n) is 1.55. The molecule has 0 aliphatic rings. The molecule has 0 aliphatic carbocycles. The number of unbranched alkanes of at least 4 members (excludes halogenated alkanes) is 2. The van der Waals surface area contributed by atoms with E-state index in [-0.39, 0.29) is 0 Å². The highest BCUT2D eigenvalue weighted by atomic mass is 32.2. The highest BCUT2D eigenvalue weighted by Gasteiger charge is 2.10. The fourth-order valence-corrected chi connectivity index (χ4v) is 1.37. The molecule has 0 fully saturated rings. The Labute approximate surface area is 75.1 Å². The van der Waals surface area contributed by atoms with Gasteiger partial charge in [-0.15, -0.1) is 0 Å². The summed E-state index contributed by atoms with van der Waals surface area (Å²) in [5.74, 6) is 0. The molecule has 0 aliphatic heterocycles. The molecule has 0 aromatic heterocycles. The first-order chi connectivity index (χ1) is 5.50. The first kappa shape index (κ1) is 11.9. The first-order valence-electron chi connectivity index (χ1n) is 4.18. The van der Waals surface area contributed by atoms with Crippen LogP contribution in [0.1, 0.15) is 26.2 Å². The summed E-state index contributed by atoms with van der Waals surface area (Å²) in [5, 5.41) is 0. The molecule has 0 aromatic carbocycles. The van der Waals surface area contributed by atoms with Gasteiger partial charge in [-0.3, -0.25) is 0 Å². The lowest BCUT2D eigenvalue weighted by molar-refractivity contribution is 0.503. The monoisotopic (exact) mass is 194 g/mol. The molecule has 0 spiro atoms. The number of hydrogen-bond donors (Lipinski definition) is 1. The Kier molecular flexibility index (Phi) is 5.44. The van der Waals surface area contributed by atoms with Crippen LogP contribution in [0.4, 0.5) is 0 Å². The average Bonchev–Trinajstić information content (AvgIpc) is 1.98. The molecule has 0 unspecified atom stereocenters. The van der Waals surface area contributed by atoms with Crippen molar-refractivity contribution in [3.8, 4) is 0 Å². The minimum Gasteiger partial charge on any atom is -0.202 e. The Balaban J connectivity index is 3.63. The fraction of sp³-hybridized carbons (Fsp3) is 1.00. The zero-order valence-electron chi connectivity index (χ0n) is 8.00. The van der Waals surface area contributed by atoms with E-state index in [0.29, 0.717) is 6.54 Å². The van der Waals surface area contributed by atoms with Crippen molar-refractivity contribution < 1.29 is 8.42 Å². The third-order valence-corrected chi connectivity index (χ3v) is 3.08. The van der Waals surface area contributed by atoms with Crippen molar-refractivity contribution >= 4 is 10.2 Å².